The lowest BCUT2D eigenvalue weighted by Gasteiger charge is -2.11. The first-order valence-corrected chi connectivity index (χ1v) is 7.99. The molecule has 3 rings (SSSR count). The number of benzene rings is 1. The van der Waals surface area contributed by atoms with Gasteiger partial charge in [0.15, 0.2) is 0 Å². The van der Waals surface area contributed by atoms with Gasteiger partial charge in [0.25, 0.3) is 5.91 Å². The number of carbonyl (C=O) groups is 1. The van der Waals surface area contributed by atoms with E-state index < -0.39 is 12.5 Å². The van der Waals surface area contributed by atoms with Gasteiger partial charge in [-0.3, -0.25) is 9.36 Å². The predicted octanol–water partition coefficient (Wildman–Crippen LogP) is 3.78. The Bertz CT molecular complexity index is 988. The lowest BCUT2D eigenvalue weighted by Crippen LogP contribution is -2.24. The Labute approximate surface area is 153 Å². The second-order valence-electron chi connectivity index (χ2n) is 5.58. The third kappa shape index (κ3) is 3.82. The van der Waals surface area contributed by atoms with Crippen LogP contribution in [0.4, 0.5) is 8.78 Å². The number of carbonyl (C=O) groups excluding carboxylic acids is 1. The Morgan fingerprint density at radius 3 is 2.67 bits per heavy atom. The fraction of sp³-hybridized carbons (Fsp3) is 0.158. The van der Waals surface area contributed by atoms with Crippen LogP contribution in [0.2, 0.25) is 0 Å². The van der Waals surface area contributed by atoms with Crippen LogP contribution < -0.4 is 10.1 Å². The first kappa shape index (κ1) is 18.2. The number of aromatic nitrogens is 1. The number of rotatable bonds is 6. The average Bonchev–Trinajstić information content (AvgIpc) is 3.27. The molecule has 0 saturated carbocycles. The summed E-state index contributed by atoms with van der Waals surface area (Å²) in [7, 11) is 0. The number of nitriles is 1. The molecule has 1 aromatic carbocycles. The average molecular weight is 371 g/mol. The molecule has 138 valence electrons. The molecule has 1 N–H and O–H groups in total. The fourth-order valence-corrected chi connectivity index (χ4v) is 2.68. The number of hydrogen-bond acceptors (Lipinski definition) is 4. The number of hydrogen-bond donors (Lipinski definition) is 1. The van der Waals surface area contributed by atoms with Crippen LogP contribution in [-0.4, -0.2) is 17.1 Å². The highest BCUT2D eigenvalue weighted by atomic mass is 19.3. The number of nitrogens with zero attached hydrogens (tertiary/aromatic N) is 2. The molecule has 0 saturated heterocycles. The van der Waals surface area contributed by atoms with Gasteiger partial charge in [0, 0.05) is 24.5 Å². The normalized spacial score (nSPS) is 10.6. The van der Waals surface area contributed by atoms with Gasteiger partial charge in [-0.1, -0.05) is 18.2 Å². The monoisotopic (exact) mass is 371 g/mol. The third-order valence-corrected chi connectivity index (χ3v) is 3.87. The van der Waals surface area contributed by atoms with Crippen LogP contribution in [0.1, 0.15) is 27.2 Å². The number of amides is 1. The van der Waals surface area contributed by atoms with Crippen LogP contribution in [0, 0.1) is 18.3 Å². The van der Waals surface area contributed by atoms with Crippen molar-refractivity contribution in [1.82, 2.24) is 9.88 Å². The molecule has 0 radical (unpaired) electrons. The standard InChI is InChI=1S/C19H15F2N3O3/c1-12-16(14(10-22)18(26-12)24-8-4-5-9-24)17(25)23-11-13-6-2-3-7-15(13)27-19(20)21/h2-9,19H,11H2,1H3,(H,23,25). The number of aryl methyl sites for hydroxylation is 1. The Hall–Kier alpha value is -3.60. The molecule has 0 aliphatic heterocycles. The van der Waals surface area contributed by atoms with Crippen LogP contribution in [0.3, 0.4) is 0 Å². The molecule has 0 unspecified atom stereocenters. The SMILES string of the molecule is Cc1oc(-n2cccc2)c(C#N)c1C(=O)NCc1ccccc1OC(F)F. The molecule has 1 amide bonds. The third-order valence-electron chi connectivity index (χ3n) is 3.87. The summed E-state index contributed by atoms with van der Waals surface area (Å²) in [5, 5.41) is 12.1. The van der Waals surface area contributed by atoms with Crippen LogP contribution in [-0.2, 0) is 6.54 Å². The van der Waals surface area contributed by atoms with E-state index in [1.807, 2.05) is 6.07 Å². The minimum absolute atomic E-state index is 0.0229. The van der Waals surface area contributed by atoms with Gasteiger partial charge < -0.3 is 14.5 Å². The number of para-hydroxylation sites is 1. The topological polar surface area (TPSA) is 80.2 Å². The van der Waals surface area contributed by atoms with Crippen molar-refractivity contribution in [2.24, 2.45) is 0 Å². The van der Waals surface area contributed by atoms with Gasteiger partial charge >= 0.3 is 6.61 Å². The van der Waals surface area contributed by atoms with Gasteiger partial charge in [-0.2, -0.15) is 14.0 Å². The summed E-state index contributed by atoms with van der Waals surface area (Å²) in [4.78, 5) is 12.6. The highest BCUT2D eigenvalue weighted by molar-refractivity contribution is 5.98. The molecule has 2 aromatic heterocycles. The van der Waals surface area contributed by atoms with Crippen molar-refractivity contribution in [2.45, 2.75) is 20.1 Å². The van der Waals surface area contributed by atoms with E-state index in [0.29, 0.717) is 5.56 Å². The van der Waals surface area contributed by atoms with Gasteiger partial charge in [-0.15, -0.1) is 0 Å². The second kappa shape index (κ2) is 7.74. The van der Waals surface area contributed by atoms with Crippen molar-refractivity contribution in [3.63, 3.8) is 0 Å². The van der Waals surface area contributed by atoms with E-state index in [1.54, 1.807) is 54.2 Å². The van der Waals surface area contributed by atoms with E-state index in [-0.39, 0.29) is 35.1 Å². The molecule has 27 heavy (non-hydrogen) atoms. The van der Waals surface area contributed by atoms with Crippen molar-refractivity contribution >= 4 is 5.91 Å². The molecule has 0 bridgehead atoms. The van der Waals surface area contributed by atoms with E-state index in [2.05, 4.69) is 10.1 Å². The van der Waals surface area contributed by atoms with Gasteiger partial charge in [0.2, 0.25) is 5.88 Å². The first-order valence-electron chi connectivity index (χ1n) is 7.99. The van der Waals surface area contributed by atoms with E-state index >= 15 is 0 Å². The molecule has 0 aliphatic rings. The van der Waals surface area contributed by atoms with Gasteiger partial charge in [-0.25, -0.2) is 0 Å². The zero-order valence-corrected chi connectivity index (χ0v) is 14.3. The summed E-state index contributed by atoms with van der Waals surface area (Å²) >= 11 is 0. The molecule has 8 heteroatoms. The molecule has 0 aliphatic carbocycles. The maximum atomic E-state index is 12.6. The zero-order valence-electron chi connectivity index (χ0n) is 14.3. The summed E-state index contributed by atoms with van der Waals surface area (Å²) in [5.74, 6) is -0.0419. The number of alkyl halides is 2. The molecule has 3 aromatic rings. The molecule has 2 heterocycles. The number of ether oxygens (including phenoxy) is 1. The summed E-state index contributed by atoms with van der Waals surface area (Å²) in [5.41, 5.74) is 0.586. The minimum Gasteiger partial charge on any atom is -0.443 e. The summed E-state index contributed by atoms with van der Waals surface area (Å²) < 4.78 is 36.6. The van der Waals surface area contributed by atoms with E-state index in [0.717, 1.165) is 0 Å². The highest BCUT2D eigenvalue weighted by Gasteiger charge is 2.24. The van der Waals surface area contributed by atoms with Gasteiger partial charge in [-0.05, 0) is 25.1 Å². The maximum absolute atomic E-state index is 12.6. The predicted molar refractivity (Wildman–Crippen MR) is 91.7 cm³/mol. The Balaban J connectivity index is 1.83. The number of nitrogens with one attached hydrogen (secondary N) is 1. The van der Waals surface area contributed by atoms with Crippen molar-refractivity contribution in [3.8, 4) is 17.7 Å². The zero-order chi connectivity index (χ0) is 19.4. The molecule has 0 fully saturated rings. The second-order valence-corrected chi connectivity index (χ2v) is 5.58. The van der Waals surface area contributed by atoms with E-state index in [1.165, 1.54) is 6.07 Å². The number of furan rings is 1. The number of halogens is 2. The quantitative estimate of drug-likeness (QED) is 0.715. The molecule has 0 spiro atoms. The van der Waals surface area contributed by atoms with Crippen LogP contribution in [0.25, 0.3) is 5.88 Å². The molecule has 6 nitrogen and oxygen atoms in total. The Morgan fingerprint density at radius 1 is 1.30 bits per heavy atom. The van der Waals surface area contributed by atoms with Gasteiger partial charge in [0.05, 0.1) is 0 Å². The molecular weight excluding hydrogens is 356 g/mol. The first-order chi connectivity index (χ1) is 13.0. The summed E-state index contributed by atoms with van der Waals surface area (Å²) in [6, 6.07) is 11.7. The smallest absolute Gasteiger partial charge is 0.387 e. The largest absolute Gasteiger partial charge is 0.443 e. The fourth-order valence-electron chi connectivity index (χ4n) is 2.68. The van der Waals surface area contributed by atoms with Crippen LogP contribution >= 0.6 is 0 Å². The van der Waals surface area contributed by atoms with Crippen LogP contribution in [0.15, 0.2) is 53.2 Å². The minimum atomic E-state index is -2.97. The van der Waals surface area contributed by atoms with Crippen molar-refractivity contribution < 1.29 is 22.7 Å². The van der Waals surface area contributed by atoms with Crippen molar-refractivity contribution in [3.05, 3.63) is 71.2 Å². The maximum Gasteiger partial charge on any atom is 0.387 e. The Morgan fingerprint density at radius 2 is 2.00 bits per heavy atom. The van der Waals surface area contributed by atoms with Crippen molar-refractivity contribution in [2.75, 3.05) is 0 Å². The van der Waals surface area contributed by atoms with E-state index in [9.17, 15) is 18.8 Å². The highest BCUT2D eigenvalue weighted by Crippen LogP contribution is 2.26. The van der Waals surface area contributed by atoms with Gasteiger partial charge in [0.1, 0.15) is 28.7 Å². The summed E-state index contributed by atoms with van der Waals surface area (Å²) in [6.07, 6.45) is 3.39. The Kier molecular flexibility index (Phi) is 5.22. The molecular formula is C19H15F2N3O3. The lowest BCUT2D eigenvalue weighted by atomic mass is 10.1. The lowest BCUT2D eigenvalue weighted by molar-refractivity contribution is -0.0504. The summed E-state index contributed by atoms with van der Waals surface area (Å²) in [6.45, 7) is -1.43. The van der Waals surface area contributed by atoms with Crippen LogP contribution in [0.5, 0.6) is 5.75 Å². The molecule has 0 atom stereocenters. The van der Waals surface area contributed by atoms with E-state index in [4.69, 9.17) is 4.42 Å². The van der Waals surface area contributed by atoms with Crippen molar-refractivity contribution in [1.29, 1.82) is 5.26 Å².